The van der Waals surface area contributed by atoms with Crippen LogP contribution >= 0.6 is 0 Å². The van der Waals surface area contributed by atoms with Gasteiger partial charge in [0.2, 0.25) is 0 Å². The molecule has 43 heavy (non-hydrogen) atoms. The first-order chi connectivity index (χ1) is 19.9. The van der Waals surface area contributed by atoms with E-state index in [1.165, 1.54) is 38.0 Å². The van der Waals surface area contributed by atoms with E-state index < -0.39 is 42.4 Å². The number of rotatable bonds is 4. The number of nitrogens with zero attached hydrogens (tertiary/aromatic N) is 7. The molecule has 5 aromatic rings. The molecule has 3 aromatic heterocycles. The minimum atomic E-state index is -4.83. The van der Waals surface area contributed by atoms with Crippen molar-refractivity contribution in [2.75, 3.05) is 18.0 Å². The third-order valence-electron chi connectivity index (χ3n) is 8.10. The number of aromatic nitrogens is 6. The molecule has 1 aliphatic heterocycles. The Morgan fingerprint density at radius 2 is 1.65 bits per heavy atom. The molecule has 2 aromatic carbocycles. The molecular weight excluding hydrogens is 573 g/mol. The summed E-state index contributed by atoms with van der Waals surface area (Å²) in [5.74, 6) is 0.521. The van der Waals surface area contributed by atoms with Gasteiger partial charge >= 0.3 is 11.9 Å². The topological polar surface area (TPSA) is 86.0 Å². The highest BCUT2D eigenvalue weighted by molar-refractivity contribution is 5.94. The highest BCUT2D eigenvalue weighted by atomic mass is 19.4. The Labute approximate surface area is 242 Å². The van der Waals surface area contributed by atoms with Crippen molar-refractivity contribution in [2.24, 2.45) is 21.1 Å². The Morgan fingerprint density at radius 1 is 0.977 bits per heavy atom. The Bertz CT molecular complexity index is 1970. The summed E-state index contributed by atoms with van der Waals surface area (Å²) < 4.78 is 75.6. The van der Waals surface area contributed by atoms with Crippen LogP contribution in [0.25, 0.3) is 38.9 Å². The van der Waals surface area contributed by atoms with Crippen LogP contribution in [0.2, 0.25) is 0 Å². The number of hydrogen-bond acceptors (Lipinski definition) is 5. The van der Waals surface area contributed by atoms with E-state index in [1.807, 2.05) is 20.8 Å². The number of benzene rings is 2. The van der Waals surface area contributed by atoms with E-state index in [0.717, 1.165) is 0 Å². The van der Waals surface area contributed by atoms with Gasteiger partial charge in [-0.25, -0.2) is 18.6 Å². The number of aryl methyl sites for hydroxylation is 3. The molecule has 0 radical (unpaired) electrons. The van der Waals surface area contributed by atoms with Crippen LogP contribution in [0.15, 0.2) is 41.5 Å². The number of aliphatic hydroxyl groups is 1. The summed E-state index contributed by atoms with van der Waals surface area (Å²) in [6.45, 7) is 4.30. The van der Waals surface area contributed by atoms with Crippen LogP contribution in [0.3, 0.4) is 0 Å². The number of fused-ring (bicyclic) bond motifs is 2. The molecule has 6 rings (SSSR count). The first kappa shape index (κ1) is 28.9. The van der Waals surface area contributed by atoms with E-state index in [2.05, 4.69) is 5.10 Å². The fourth-order valence-electron chi connectivity index (χ4n) is 5.81. The predicted octanol–water partition coefficient (Wildman–Crippen LogP) is 4.96. The van der Waals surface area contributed by atoms with E-state index in [4.69, 9.17) is 4.98 Å². The zero-order chi connectivity index (χ0) is 31.4. The Balaban J connectivity index is 1.64. The van der Waals surface area contributed by atoms with Crippen LogP contribution in [0, 0.1) is 0 Å². The van der Waals surface area contributed by atoms with Crippen molar-refractivity contribution in [3.8, 4) is 16.8 Å². The summed E-state index contributed by atoms with van der Waals surface area (Å²) in [6, 6.07) is 6.29. The summed E-state index contributed by atoms with van der Waals surface area (Å²) >= 11 is 0. The Hall–Kier alpha value is -4.20. The maximum absolute atomic E-state index is 14.5. The molecule has 228 valence electrons. The van der Waals surface area contributed by atoms with Crippen molar-refractivity contribution >= 4 is 27.8 Å². The molecule has 14 heteroatoms. The van der Waals surface area contributed by atoms with Crippen LogP contribution in [0.4, 0.5) is 27.6 Å². The second-order valence-electron chi connectivity index (χ2n) is 12.3. The van der Waals surface area contributed by atoms with E-state index in [0.29, 0.717) is 44.8 Å². The van der Waals surface area contributed by atoms with Crippen LogP contribution in [0.1, 0.15) is 38.6 Å². The number of halogens is 5. The van der Waals surface area contributed by atoms with Gasteiger partial charge in [-0.2, -0.15) is 18.3 Å². The van der Waals surface area contributed by atoms with Gasteiger partial charge in [0, 0.05) is 43.9 Å². The van der Waals surface area contributed by atoms with Gasteiger partial charge in [-0.3, -0.25) is 18.4 Å². The van der Waals surface area contributed by atoms with Crippen molar-refractivity contribution < 1.29 is 27.1 Å². The highest BCUT2D eigenvalue weighted by Crippen LogP contribution is 2.44. The third kappa shape index (κ3) is 4.33. The van der Waals surface area contributed by atoms with Crippen LogP contribution < -0.4 is 10.6 Å². The quantitative estimate of drug-likeness (QED) is 0.294. The lowest BCUT2D eigenvalue weighted by atomic mass is 9.92. The molecule has 1 fully saturated rings. The molecule has 1 aliphatic rings. The minimum absolute atomic E-state index is 0.228. The first-order valence-electron chi connectivity index (χ1n) is 13.5. The SMILES string of the molecule is Cn1cc(-c2cc3nc(C(C)(C)C)n(-c4cc(N5CC(O)(C(F)(F)F)C5)c5c(c4)n(C)c(=O)n5C)c3cc2C(F)F)cn1. The standard InChI is InChI=1S/C29H30F5N7O2/c1-27(2,3)25-36-19-9-17(15-11-35-37(4)12-15)18(24(30)31)10-20(19)41(25)16-7-21-23(39(6)26(42)38(21)5)22(8-16)40-13-28(43,14-40)29(32,33)34/h7-12,24,43H,13-14H2,1-6H3. The van der Waals surface area contributed by atoms with Crippen LogP contribution in [0.5, 0.6) is 0 Å². The van der Waals surface area contributed by atoms with Gasteiger partial charge in [0.05, 0.1) is 52.7 Å². The van der Waals surface area contributed by atoms with Crippen molar-refractivity contribution in [3.05, 3.63) is 58.5 Å². The van der Waals surface area contributed by atoms with Crippen molar-refractivity contribution in [2.45, 2.75) is 44.4 Å². The maximum Gasteiger partial charge on any atom is 0.420 e. The predicted molar refractivity (Wildman–Crippen MR) is 152 cm³/mol. The van der Waals surface area contributed by atoms with Gasteiger partial charge in [-0.1, -0.05) is 20.8 Å². The van der Waals surface area contributed by atoms with Crippen LogP contribution in [-0.4, -0.2) is 58.4 Å². The average Bonchev–Trinajstić information content (AvgIpc) is 3.56. The second-order valence-corrected chi connectivity index (χ2v) is 12.3. The largest absolute Gasteiger partial charge is 0.420 e. The summed E-state index contributed by atoms with van der Waals surface area (Å²) in [7, 11) is 4.76. The highest BCUT2D eigenvalue weighted by Gasteiger charge is 2.61. The Kier molecular flexibility index (Phi) is 6.15. The lowest BCUT2D eigenvalue weighted by Crippen LogP contribution is -2.69. The van der Waals surface area contributed by atoms with Gasteiger partial charge in [0.1, 0.15) is 5.82 Å². The fraction of sp³-hybridized carbons (Fsp3) is 0.414. The normalized spacial score (nSPS) is 15.7. The number of hydrogen-bond donors (Lipinski definition) is 1. The lowest BCUT2D eigenvalue weighted by molar-refractivity contribution is -0.267. The number of anilines is 1. The van der Waals surface area contributed by atoms with Gasteiger partial charge in [-0.15, -0.1) is 0 Å². The average molecular weight is 604 g/mol. The number of alkyl halides is 5. The van der Waals surface area contributed by atoms with Crippen molar-refractivity contribution in [1.82, 2.24) is 28.5 Å². The Morgan fingerprint density at radius 3 is 2.21 bits per heavy atom. The lowest BCUT2D eigenvalue weighted by Gasteiger charge is -2.48. The van der Waals surface area contributed by atoms with E-state index in [9.17, 15) is 31.9 Å². The fourth-order valence-corrected chi connectivity index (χ4v) is 5.81. The van der Waals surface area contributed by atoms with Gasteiger partial charge in [0.25, 0.3) is 6.43 Å². The maximum atomic E-state index is 14.5. The monoisotopic (exact) mass is 603 g/mol. The molecule has 1 N–H and O–H groups in total. The zero-order valence-corrected chi connectivity index (χ0v) is 24.3. The molecular formula is C29H30F5N7O2. The van der Waals surface area contributed by atoms with E-state index in [-0.39, 0.29) is 11.1 Å². The van der Waals surface area contributed by atoms with Crippen LogP contribution in [-0.2, 0) is 26.6 Å². The number of β-amino-alcohol motifs (C(OH)–C–C–N with tert-alkyl or cyclic N) is 1. The molecule has 0 bridgehead atoms. The summed E-state index contributed by atoms with van der Waals surface area (Å²) in [6.07, 6.45) is -4.52. The van der Waals surface area contributed by atoms with Gasteiger partial charge in [-0.05, 0) is 29.8 Å². The van der Waals surface area contributed by atoms with Gasteiger partial charge in [0.15, 0.2) is 5.60 Å². The molecule has 0 aliphatic carbocycles. The first-order valence-corrected chi connectivity index (χ1v) is 13.5. The molecule has 0 unspecified atom stereocenters. The molecule has 0 saturated carbocycles. The summed E-state index contributed by atoms with van der Waals surface area (Å²) in [4.78, 5) is 19.2. The minimum Gasteiger partial charge on any atom is -0.378 e. The second kappa shape index (κ2) is 9.15. The smallest absolute Gasteiger partial charge is 0.378 e. The molecule has 9 nitrogen and oxygen atoms in total. The zero-order valence-electron chi connectivity index (χ0n) is 24.3. The molecule has 0 spiro atoms. The van der Waals surface area contributed by atoms with Gasteiger partial charge < -0.3 is 10.0 Å². The van der Waals surface area contributed by atoms with E-state index >= 15 is 0 Å². The third-order valence-corrected chi connectivity index (χ3v) is 8.10. The molecule has 1 saturated heterocycles. The molecule has 0 amide bonds. The van der Waals surface area contributed by atoms with Crippen molar-refractivity contribution in [3.63, 3.8) is 0 Å². The molecule has 0 atom stereocenters. The number of imidazole rings is 2. The van der Waals surface area contributed by atoms with E-state index in [1.54, 1.807) is 43.1 Å². The van der Waals surface area contributed by atoms with Crippen molar-refractivity contribution in [1.29, 1.82) is 0 Å². The summed E-state index contributed by atoms with van der Waals surface area (Å²) in [5.41, 5.74) is -0.988. The summed E-state index contributed by atoms with van der Waals surface area (Å²) in [5, 5.41) is 14.3. The molecule has 4 heterocycles.